The molecule has 0 aliphatic carbocycles. The number of hydrogen-bond donors (Lipinski definition) is 1. The van der Waals surface area contributed by atoms with Crippen LogP contribution in [0.2, 0.25) is 26.7 Å². The highest BCUT2D eigenvalue weighted by molar-refractivity contribution is 6.77. The molecule has 0 radical (unpaired) electrons. The van der Waals surface area contributed by atoms with E-state index in [1.807, 2.05) is 6.92 Å². The molecule has 1 N–H and O–H groups in total. The van der Waals surface area contributed by atoms with Crippen LogP contribution >= 0.6 is 23.2 Å². The number of hydrogen-bond acceptors (Lipinski definition) is 9. The lowest BCUT2D eigenvalue weighted by molar-refractivity contribution is -0.0112. The lowest BCUT2D eigenvalue weighted by Gasteiger charge is -2.42. The number of anilines is 1. The molecule has 13 heteroatoms. The van der Waals surface area contributed by atoms with Gasteiger partial charge >= 0.3 is 0 Å². The van der Waals surface area contributed by atoms with Crippen molar-refractivity contribution in [1.29, 1.82) is 5.26 Å². The van der Waals surface area contributed by atoms with Crippen LogP contribution in [0.1, 0.15) is 54.0 Å². The zero-order valence-electron chi connectivity index (χ0n) is 26.8. The summed E-state index contributed by atoms with van der Waals surface area (Å²) in [6.45, 7) is 16.8. The summed E-state index contributed by atoms with van der Waals surface area (Å²) in [5, 5.41) is 19.0. The van der Waals surface area contributed by atoms with Crippen molar-refractivity contribution in [2.45, 2.75) is 77.3 Å². The normalized spacial score (nSPS) is 13.4. The highest BCUT2D eigenvalue weighted by atomic mass is 35.5. The van der Waals surface area contributed by atoms with E-state index in [-0.39, 0.29) is 12.7 Å². The van der Waals surface area contributed by atoms with Crippen molar-refractivity contribution < 1.29 is 13.9 Å². The number of aromatic nitrogens is 5. The van der Waals surface area contributed by atoms with Crippen molar-refractivity contribution in [1.82, 2.24) is 24.7 Å². The Morgan fingerprint density at radius 1 is 0.933 bits per heavy atom. The van der Waals surface area contributed by atoms with Gasteiger partial charge in [-0.25, -0.2) is 19.6 Å². The molecule has 1 aromatic carbocycles. The molecular formula is C32H41Cl2N7O3Si. The van der Waals surface area contributed by atoms with Gasteiger partial charge in [0.15, 0.2) is 14.0 Å². The maximum Gasteiger partial charge on any atom is 0.228 e. The number of nitrogens with one attached hydrogen (secondary N) is 1. The highest BCUT2D eigenvalue weighted by Gasteiger charge is 2.45. The minimum absolute atomic E-state index is 0.161. The molecule has 0 amide bonds. The van der Waals surface area contributed by atoms with Gasteiger partial charge in [-0.1, -0.05) is 70.8 Å². The largest absolute Gasteiger partial charge is 0.469 e. The van der Waals surface area contributed by atoms with Gasteiger partial charge in [0.25, 0.3) is 0 Å². The summed E-state index contributed by atoms with van der Waals surface area (Å²) in [7, 11) is -2.04. The van der Waals surface area contributed by atoms with Gasteiger partial charge in [0.05, 0.1) is 47.7 Å². The molecule has 2 unspecified atom stereocenters. The summed E-state index contributed by atoms with van der Waals surface area (Å²) in [6, 6.07) is 10.8. The first-order chi connectivity index (χ1) is 21.5. The Morgan fingerprint density at radius 2 is 1.67 bits per heavy atom. The molecular weight excluding hydrogens is 629 g/mol. The molecule has 0 fully saturated rings. The van der Waals surface area contributed by atoms with Gasteiger partial charge < -0.3 is 19.2 Å². The molecule has 2 atom stereocenters. The molecule has 0 aliphatic rings. The average molecular weight is 671 g/mol. The molecule has 0 saturated carbocycles. The molecule has 4 rings (SSSR count). The summed E-state index contributed by atoms with van der Waals surface area (Å²) in [6.07, 6.45) is 3.95. The fraction of sp³-hybridized carbons (Fsp3) is 0.469. The first-order valence-corrected chi connectivity index (χ1v) is 18.0. The lowest BCUT2D eigenvalue weighted by atomic mass is 10.2. The van der Waals surface area contributed by atoms with Crippen LogP contribution in [-0.4, -0.2) is 65.0 Å². The van der Waals surface area contributed by atoms with Gasteiger partial charge in [-0.05, 0) is 47.8 Å². The second-order valence-corrected chi connectivity index (χ2v) is 18.3. The summed E-state index contributed by atoms with van der Waals surface area (Å²) in [4.78, 5) is 13.2. The van der Waals surface area contributed by atoms with Gasteiger partial charge in [-0.2, -0.15) is 10.4 Å². The van der Waals surface area contributed by atoms with Crippen LogP contribution < -0.4 is 10.1 Å². The molecule has 3 heterocycles. The zero-order valence-corrected chi connectivity index (χ0v) is 29.3. The molecule has 0 saturated heterocycles. The third kappa shape index (κ3) is 7.94. The van der Waals surface area contributed by atoms with Gasteiger partial charge in [-0.15, -0.1) is 0 Å². The van der Waals surface area contributed by atoms with Gasteiger partial charge in [-0.3, -0.25) is 0 Å². The molecule has 0 aliphatic heterocycles. The molecule has 0 spiro atoms. The smallest absolute Gasteiger partial charge is 0.228 e. The molecule has 240 valence electrons. The van der Waals surface area contributed by atoms with E-state index in [0.29, 0.717) is 73.8 Å². The van der Waals surface area contributed by atoms with Crippen LogP contribution in [0.5, 0.6) is 5.88 Å². The zero-order chi connectivity index (χ0) is 32.7. The third-order valence-corrected chi connectivity index (χ3v) is 14.6. The van der Waals surface area contributed by atoms with Crippen molar-refractivity contribution in [3.63, 3.8) is 0 Å². The second-order valence-electron chi connectivity index (χ2n) is 12.0. The number of pyridine rings is 1. The van der Waals surface area contributed by atoms with Crippen LogP contribution in [0.4, 0.5) is 5.82 Å². The third-order valence-electron chi connectivity index (χ3n) is 8.01. The maximum absolute atomic E-state index is 9.68. The number of rotatable bonds is 15. The number of para-hydroxylation sites is 1. The van der Waals surface area contributed by atoms with Crippen molar-refractivity contribution >= 4 is 48.4 Å². The van der Waals surface area contributed by atoms with E-state index in [1.165, 1.54) is 11.0 Å². The first kappa shape index (κ1) is 34.6. The standard InChI is InChI=1S/C32H41Cl2N7O3Si/c1-20(2)45(21(3)4,22(5)6)43-17-23(7)42-18-26(15-37-29-12-11-25(33)14-36-29)44-32-27-16-40-41(31(27)38-19-39-32)30-24(13-35)9-8-10-28(30)34/h8-12,14,16,19-23,26H,15,17-18H2,1-7H3,(H,36,37). The van der Waals surface area contributed by atoms with Gasteiger partial charge in [0.2, 0.25) is 5.88 Å². The molecule has 45 heavy (non-hydrogen) atoms. The van der Waals surface area contributed by atoms with E-state index in [0.717, 1.165) is 0 Å². The quantitative estimate of drug-likeness (QED) is 0.126. The van der Waals surface area contributed by atoms with Gasteiger partial charge in [0.1, 0.15) is 35.4 Å². The molecule has 4 aromatic rings. The topological polar surface area (TPSA) is 120 Å². The number of benzene rings is 1. The summed E-state index contributed by atoms with van der Waals surface area (Å²) < 4.78 is 21.1. The Kier molecular flexibility index (Phi) is 11.8. The SMILES string of the molecule is CC(CO[Si](C(C)C)(C(C)C)C(C)C)OCC(CNc1ccc(Cl)cn1)Oc1ncnc2c1cnn2-c1c(Cl)cccc1C#N. The first-order valence-electron chi connectivity index (χ1n) is 15.1. The van der Waals surface area contributed by atoms with Crippen LogP contribution in [-0.2, 0) is 9.16 Å². The van der Waals surface area contributed by atoms with E-state index < -0.39 is 14.4 Å². The van der Waals surface area contributed by atoms with E-state index in [2.05, 4.69) is 73.0 Å². The Labute approximate surface area is 276 Å². The van der Waals surface area contributed by atoms with E-state index in [9.17, 15) is 5.26 Å². The van der Waals surface area contributed by atoms with E-state index >= 15 is 0 Å². The average Bonchev–Trinajstić information content (AvgIpc) is 3.43. The predicted molar refractivity (Wildman–Crippen MR) is 181 cm³/mol. The summed E-state index contributed by atoms with van der Waals surface area (Å²) in [5.74, 6) is 0.973. The van der Waals surface area contributed by atoms with Crippen LogP contribution in [0, 0.1) is 11.3 Å². The Bertz CT molecular complexity index is 1590. The monoisotopic (exact) mass is 669 g/mol. The number of nitriles is 1. The minimum atomic E-state index is -2.04. The fourth-order valence-corrected chi connectivity index (χ4v) is 11.9. The fourth-order valence-electron chi connectivity index (χ4n) is 5.97. The predicted octanol–water partition coefficient (Wildman–Crippen LogP) is 7.85. The Balaban J connectivity index is 1.55. The van der Waals surface area contributed by atoms with Crippen molar-refractivity contribution in [3.8, 4) is 17.6 Å². The molecule has 10 nitrogen and oxygen atoms in total. The van der Waals surface area contributed by atoms with Gasteiger partial charge in [0, 0.05) is 6.20 Å². The number of fused-ring (bicyclic) bond motifs is 1. The van der Waals surface area contributed by atoms with E-state index in [1.54, 1.807) is 42.7 Å². The maximum atomic E-state index is 9.68. The number of halogens is 2. The van der Waals surface area contributed by atoms with Crippen LogP contribution in [0.3, 0.4) is 0 Å². The van der Waals surface area contributed by atoms with Crippen molar-refractivity contribution in [2.24, 2.45) is 0 Å². The minimum Gasteiger partial charge on any atom is -0.469 e. The van der Waals surface area contributed by atoms with Crippen LogP contribution in [0.15, 0.2) is 49.1 Å². The number of ether oxygens (including phenoxy) is 2. The van der Waals surface area contributed by atoms with E-state index in [4.69, 9.17) is 37.1 Å². The second kappa shape index (κ2) is 15.3. The lowest BCUT2D eigenvalue weighted by Crippen LogP contribution is -2.49. The van der Waals surface area contributed by atoms with Crippen molar-refractivity contribution in [2.75, 3.05) is 25.1 Å². The van der Waals surface area contributed by atoms with Crippen LogP contribution in [0.25, 0.3) is 16.7 Å². The summed E-state index contributed by atoms with van der Waals surface area (Å²) >= 11 is 12.5. The molecule has 0 bridgehead atoms. The Hall–Kier alpha value is -3.27. The molecule has 3 aromatic heterocycles. The van der Waals surface area contributed by atoms with Crippen molar-refractivity contribution in [3.05, 3.63) is 64.7 Å². The highest BCUT2D eigenvalue weighted by Crippen LogP contribution is 2.42. The number of nitrogens with zero attached hydrogens (tertiary/aromatic N) is 6. The summed E-state index contributed by atoms with van der Waals surface area (Å²) in [5.41, 5.74) is 2.70. The Morgan fingerprint density at radius 3 is 2.31 bits per heavy atom.